The second-order valence-electron chi connectivity index (χ2n) is 10.0. The van der Waals surface area contributed by atoms with Gasteiger partial charge in [0.1, 0.15) is 11.9 Å². The van der Waals surface area contributed by atoms with Crippen LogP contribution in [0.2, 0.25) is 0 Å². The number of halogens is 1. The Labute approximate surface area is 252 Å². The van der Waals surface area contributed by atoms with E-state index in [1.54, 1.807) is 30.8 Å². The Morgan fingerprint density at radius 2 is 1.45 bits per heavy atom. The monoisotopic (exact) mass is 596 g/mol. The molecule has 0 unspecified atom stereocenters. The molecular formula is C34H41FO6S. The van der Waals surface area contributed by atoms with Crippen molar-refractivity contribution in [2.45, 2.75) is 58.5 Å². The number of rotatable bonds is 18. The van der Waals surface area contributed by atoms with Crippen molar-refractivity contribution in [1.29, 1.82) is 0 Å². The molecule has 0 heterocycles. The molecule has 0 radical (unpaired) electrons. The third-order valence-electron chi connectivity index (χ3n) is 6.54. The van der Waals surface area contributed by atoms with Gasteiger partial charge in [-0.2, -0.15) is 11.8 Å². The first-order chi connectivity index (χ1) is 20.4. The highest BCUT2D eigenvalue weighted by Crippen LogP contribution is 2.25. The molecule has 3 aromatic carbocycles. The molecule has 0 fully saturated rings. The minimum atomic E-state index is -0.836. The number of hydrogen-bond acceptors (Lipinski definition) is 7. The summed E-state index contributed by atoms with van der Waals surface area (Å²) in [5.41, 5.74) is 2.20. The molecule has 0 amide bonds. The van der Waals surface area contributed by atoms with Gasteiger partial charge in [-0.25, -0.2) is 14.0 Å². The molecule has 0 aliphatic heterocycles. The summed E-state index contributed by atoms with van der Waals surface area (Å²) < 4.78 is 36.5. The lowest BCUT2D eigenvalue weighted by atomic mass is 10.0. The lowest BCUT2D eigenvalue weighted by molar-refractivity contribution is 0.00481. The zero-order valence-corrected chi connectivity index (χ0v) is 25.6. The van der Waals surface area contributed by atoms with Crippen LogP contribution in [0.4, 0.5) is 4.39 Å². The van der Waals surface area contributed by atoms with Crippen LogP contribution >= 0.6 is 11.8 Å². The van der Waals surface area contributed by atoms with Crippen LogP contribution in [0.3, 0.4) is 0 Å². The van der Waals surface area contributed by atoms with Crippen molar-refractivity contribution in [2.24, 2.45) is 0 Å². The largest absolute Gasteiger partial charge is 0.494 e. The third kappa shape index (κ3) is 11.1. The average molecular weight is 597 g/mol. The molecule has 6 nitrogen and oxygen atoms in total. The lowest BCUT2D eigenvalue weighted by Gasteiger charge is -2.14. The molecular weight excluding hydrogens is 555 g/mol. The highest BCUT2D eigenvalue weighted by Gasteiger charge is 2.17. The van der Waals surface area contributed by atoms with Gasteiger partial charge in [-0.05, 0) is 73.2 Å². The zero-order chi connectivity index (χ0) is 30.2. The summed E-state index contributed by atoms with van der Waals surface area (Å²) >= 11 is 1.66. The van der Waals surface area contributed by atoms with Gasteiger partial charge in [0, 0.05) is 5.75 Å². The van der Waals surface area contributed by atoms with E-state index in [-0.39, 0.29) is 23.5 Å². The van der Waals surface area contributed by atoms with E-state index >= 15 is 0 Å². The second kappa shape index (κ2) is 18.2. The van der Waals surface area contributed by atoms with Gasteiger partial charge in [0.05, 0.1) is 30.9 Å². The molecule has 0 aliphatic rings. The van der Waals surface area contributed by atoms with Crippen LogP contribution in [0, 0.1) is 5.82 Å². The molecule has 3 rings (SSSR count). The summed E-state index contributed by atoms with van der Waals surface area (Å²) in [5.74, 6) is -0.813. The first-order valence-corrected chi connectivity index (χ1v) is 15.9. The SMILES string of the molecule is CCCCCCCCOc1ccc(-c2ccc(C(=O)Oc3ccc(C(=O)O[C@H](C)COCCSC)cc3F)cc2)cc1. The zero-order valence-electron chi connectivity index (χ0n) is 24.7. The van der Waals surface area contributed by atoms with Crippen molar-refractivity contribution in [3.05, 3.63) is 83.7 Å². The standard InChI is InChI=1S/C34H41FO6S/c1-4-5-6-7-8-9-20-39-30-17-14-27(15-18-30)26-10-12-28(13-11-26)33(36)41-32-19-16-29(23-31(32)35)34(37)40-25(2)24-38-21-22-42-3/h10-19,23,25H,4-9,20-22,24H2,1-3H3/t25-/m1/s1. The molecule has 3 aromatic rings. The number of unbranched alkanes of at least 4 members (excludes halogenated alkanes) is 5. The smallest absolute Gasteiger partial charge is 0.343 e. The number of thioether (sulfide) groups is 1. The van der Waals surface area contributed by atoms with E-state index in [4.69, 9.17) is 18.9 Å². The minimum absolute atomic E-state index is 0.0199. The molecule has 0 aliphatic carbocycles. The molecule has 1 atom stereocenters. The maximum Gasteiger partial charge on any atom is 0.343 e. The van der Waals surface area contributed by atoms with Crippen molar-refractivity contribution in [2.75, 3.05) is 31.8 Å². The van der Waals surface area contributed by atoms with Crippen LogP contribution in [0.25, 0.3) is 11.1 Å². The minimum Gasteiger partial charge on any atom is -0.494 e. The van der Waals surface area contributed by atoms with Gasteiger partial charge < -0.3 is 18.9 Å². The Bertz CT molecular complexity index is 1250. The molecule has 0 bridgehead atoms. The highest BCUT2D eigenvalue weighted by atomic mass is 32.2. The van der Waals surface area contributed by atoms with Crippen molar-refractivity contribution in [3.8, 4) is 22.6 Å². The Hall–Kier alpha value is -3.36. The van der Waals surface area contributed by atoms with Crippen molar-refractivity contribution in [3.63, 3.8) is 0 Å². The molecule has 0 saturated carbocycles. The van der Waals surface area contributed by atoms with E-state index < -0.39 is 23.9 Å². The summed E-state index contributed by atoms with van der Waals surface area (Å²) in [7, 11) is 0. The first-order valence-electron chi connectivity index (χ1n) is 14.5. The van der Waals surface area contributed by atoms with Gasteiger partial charge in [0.25, 0.3) is 0 Å². The molecule has 0 saturated heterocycles. The van der Waals surface area contributed by atoms with E-state index in [1.165, 1.54) is 44.2 Å². The fourth-order valence-electron chi connectivity index (χ4n) is 4.16. The highest BCUT2D eigenvalue weighted by molar-refractivity contribution is 7.98. The quantitative estimate of drug-likeness (QED) is 0.0830. The van der Waals surface area contributed by atoms with Crippen LogP contribution in [-0.4, -0.2) is 49.9 Å². The van der Waals surface area contributed by atoms with E-state index in [0.717, 1.165) is 35.1 Å². The molecule has 0 spiro atoms. The summed E-state index contributed by atoms with van der Waals surface area (Å²) in [6, 6.07) is 18.3. The number of carbonyl (C=O) groups excluding carboxylic acids is 2. The Kier molecular flexibility index (Phi) is 14.4. The first kappa shape index (κ1) is 33.1. The topological polar surface area (TPSA) is 71.1 Å². The van der Waals surface area contributed by atoms with E-state index in [0.29, 0.717) is 13.2 Å². The van der Waals surface area contributed by atoms with E-state index in [2.05, 4.69) is 6.92 Å². The molecule has 0 aromatic heterocycles. The van der Waals surface area contributed by atoms with Gasteiger partial charge in [0.2, 0.25) is 0 Å². The number of carbonyl (C=O) groups is 2. The fraction of sp³-hybridized carbons (Fsp3) is 0.412. The van der Waals surface area contributed by atoms with Crippen LogP contribution in [0.15, 0.2) is 66.7 Å². The van der Waals surface area contributed by atoms with Crippen molar-refractivity contribution >= 4 is 23.7 Å². The molecule has 226 valence electrons. The Morgan fingerprint density at radius 1 is 0.810 bits per heavy atom. The van der Waals surface area contributed by atoms with Gasteiger partial charge in [-0.3, -0.25) is 0 Å². The average Bonchev–Trinajstić information content (AvgIpc) is 3.00. The van der Waals surface area contributed by atoms with E-state index in [9.17, 15) is 14.0 Å². The summed E-state index contributed by atoms with van der Waals surface area (Å²) in [6.45, 7) is 5.44. The Morgan fingerprint density at radius 3 is 2.12 bits per heavy atom. The molecule has 8 heteroatoms. The maximum absolute atomic E-state index is 14.7. The van der Waals surface area contributed by atoms with Crippen LogP contribution in [0.5, 0.6) is 11.5 Å². The Balaban J connectivity index is 1.48. The normalized spacial score (nSPS) is 11.6. The van der Waals surface area contributed by atoms with Crippen LogP contribution in [0.1, 0.15) is 73.1 Å². The lowest BCUT2D eigenvalue weighted by Crippen LogP contribution is -2.21. The number of ether oxygens (including phenoxy) is 4. The summed E-state index contributed by atoms with van der Waals surface area (Å²) in [5, 5.41) is 0. The second-order valence-corrected chi connectivity index (χ2v) is 11.0. The number of hydrogen-bond donors (Lipinski definition) is 0. The number of esters is 2. The van der Waals surface area contributed by atoms with E-state index in [1.807, 2.05) is 42.7 Å². The van der Waals surface area contributed by atoms with Gasteiger partial charge in [-0.1, -0.05) is 63.3 Å². The van der Waals surface area contributed by atoms with Gasteiger partial charge in [-0.15, -0.1) is 0 Å². The predicted octanol–water partition coefficient (Wildman–Crippen LogP) is 8.38. The predicted molar refractivity (Wildman–Crippen MR) is 166 cm³/mol. The molecule has 0 N–H and O–H groups in total. The summed E-state index contributed by atoms with van der Waals surface area (Å²) in [6.07, 6.45) is 8.83. The summed E-state index contributed by atoms with van der Waals surface area (Å²) in [4.78, 5) is 25.0. The van der Waals surface area contributed by atoms with Crippen molar-refractivity contribution in [1.82, 2.24) is 0 Å². The molecule has 42 heavy (non-hydrogen) atoms. The van der Waals surface area contributed by atoms with Gasteiger partial charge in [0.15, 0.2) is 11.6 Å². The maximum atomic E-state index is 14.7. The third-order valence-corrected chi connectivity index (χ3v) is 7.11. The fourth-order valence-corrected chi connectivity index (χ4v) is 4.45. The number of benzene rings is 3. The van der Waals surface area contributed by atoms with Crippen LogP contribution < -0.4 is 9.47 Å². The van der Waals surface area contributed by atoms with Gasteiger partial charge >= 0.3 is 11.9 Å². The van der Waals surface area contributed by atoms with Crippen LogP contribution in [-0.2, 0) is 9.47 Å². The van der Waals surface area contributed by atoms with Crippen molar-refractivity contribution < 1.29 is 32.9 Å².